The maximum Gasteiger partial charge on any atom is 0.343 e. The van der Waals surface area contributed by atoms with Gasteiger partial charge in [-0.15, -0.1) is 0 Å². The van der Waals surface area contributed by atoms with E-state index < -0.39 is 0 Å². The smallest absolute Gasteiger partial charge is 0.343 e. The van der Waals surface area contributed by atoms with E-state index in [1.54, 1.807) is 0 Å². The summed E-state index contributed by atoms with van der Waals surface area (Å²) in [5.74, 6) is 0.223. The van der Waals surface area contributed by atoms with E-state index in [9.17, 15) is 4.79 Å². The van der Waals surface area contributed by atoms with E-state index in [1.165, 1.54) is 5.56 Å². The van der Waals surface area contributed by atoms with E-state index in [1.807, 2.05) is 48.5 Å². The number of hydrogen-bond acceptors (Lipinski definition) is 3. The van der Waals surface area contributed by atoms with E-state index in [-0.39, 0.29) is 12.1 Å². The molecule has 0 spiro atoms. The third-order valence-electron chi connectivity index (χ3n) is 5.08. The van der Waals surface area contributed by atoms with Crippen molar-refractivity contribution in [3.05, 3.63) is 89.5 Å². The second-order valence-electron chi connectivity index (χ2n) is 7.50. The van der Waals surface area contributed by atoms with Gasteiger partial charge < -0.3 is 9.47 Å². The quantitative estimate of drug-likeness (QED) is 0.285. The van der Waals surface area contributed by atoms with Gasteiger partial charge >= 0.3 is 5.97 Å². The van der Waals surface area contributed by atoms with Crippen LogP contribution in [0.1, 0.15) is 61.2 Å². The molecular weight excluding hydrogens is 372 g/mol. The minimum atomic E-state index is -0.345. The monoisotopic (exact) mass is 402 g/mol. The van der Waals surface area contributed by atoms with Crippen LogP contribution in [0.25, 0.3) is 11.1 Å². The average molecular weight is 403 g/mol. The molecule has 3 aromatic carbocycles. The fraction of sp³-hybridized carbons (Fsp3) is 0.296. The first-order chi connectivity index (χ1) is 14.6. The Kier molecular flexibility index (Phi) is 7.81. The minimum absolute atomic E-state index is 0.0900. The molecule has 0 saturated heterocycles. The summed E-state index contributed by atoms with van der Waals surface area (Å²) >= 11 is 0. The molecule has 30 heavy (non-hydrogen) atoms. The van der Waals surface area contributed by atoms with Crippen molar-refractivity contribution < 1.29 is 14.3 Å². The van der Waals surface area contributed by atoms with Crippen LogP contribution in [0.15, 0.2) is 72.8 Å². The maximum atomic E-state index is 12.4. The molecule has 0 amide bonds. The molecule has 0 aliphatic heterocycles. The fourth-order valence-corrected chi connectivity index (χ4v) is 3.32. The summed E-state index contributed by atoms with van der Waals surface area (Å²) in [4.78, 5) is 12.4. The van der Waals surface area contributed by atoms with Gasteiger partial charge in [-0.25, -0.2) is 4.79 Å². The summed E-state index contributed by atoms with van der Waals surface area (Å²) in [5, 5.41) is 0. The van der Waals surface area contributed by atoms with E-state index in [4.69, 9.17) is 9.47 Å². The summed E-state index contributed by atoms with van der Waals surface area (Å²) in [7, 11) is 0. The molecule has 0 N–H and O–H groups in total. The van der Waals surface area contributed by atoms with Gasteiger partial charge in [0.2, 0.25) is 0 Å². The number of esters is 1. The van der Waals surface area contributed by atoms with E-state index in [0.29, 0.717) is 11.3 Å². The minimum Gasteiger partial charge on any atom is -0.423 e. The first kappa shape index (κ1) is 21.8. The summed E-state index contributed by atoms with van der Waals surface area (Å²) in [6.07, 6.45) is 3.23. The molecule has 0 aromatic heterocycles. The number of aryl methyl sites for hydroxylation is 1. The first-order valence-electron chi connectivity index (χ1n) is 10.7. The molecule has 0 bridgehead atoms. The second kappa shape index (κ2) is 10.7. The van der Waals surface area contributed by atoms with Crippen molar-refractivity contribution in [2.45, 2.75) is 46.1 Å². The SMILES string of the molecule is CCCOC(C)c1ccc(-c2ccc(C(=O)Oc3ccc(CCC)cc3)cc2)cc1. The molecule has 3 aromatic rings. The summed E-state index contributed by atoms with van der Waals surface area (Å²) in [6, 6.07) is 23.6. The van der Waals surface area contributed by atoms with Gasteiger partial charge in [0.1, 0.15) is 5.75 Å². The highest BCUT2D eigenvalue weighted by molar-refractivity contribution is 5.91. The van der Waals surface area contributed by atoms with Crippen LogP contribution in [-0.4, -0.2) is 12.6 Å². The Morgan fingerprint density at radius 2 is 1.40 bits per heavy atom. The third kappa shape index (κ3) is 5.80. The largest absolute Gasteiger partial charge is 0.423 e. The van der Waals surface area contributed by atoms with Crippen molar-refractivity contribution in [2.75, 3.05) is 6.61 Å². The van der Waals surface area contributed by atoms with Gasteiger partial charge in [0.15, 0.2) is 0 Å². The lowest BCUT2D eigenvalue weighted by molar-refractivity contribution is 0.0662. The fourth-order valence-electron chi connectivity index (χ4n) is 3.32. The van der Waals surface area contributed by atoms with Crippen molar-refractivity contribution in [3.63, 3.8) is 0 Å². The zero-order chi connectivity index (χ0) is 21.3. The summed E-state index contributed by atoms with van der Waals surface area (Å²) in [5.41, 5.74) is 5.11. The van der Waals surface area contributed by atoms with Crippen LogP contribution in [0.3, 0.4) is 0 Å². The highest BCUT2D eigenvalue weighted by Crippen LogP contribution is 2.24. The highest BCUT2D eigenvalue weighted by Gasteiger charge is 2.10. The Morgan fingerprint density at radius 3 is 1.97 bits per heavy atom. The van der Waals surface area contributed by atoms with Crippen LogP contribution in [0.4, 0.5) is 0 Å². The zero-order valence-corrected chi connectivity index (χ0v) is 18.1. The Balaban J connectivity index is 1.63. The number of carbonyl (C=O) groups is 1. The molecule has 0 aliphatic carbocycles. The van der Waals surface area contributed by atoms with Crippen LogP contribution >= 0.6 is 0 Å². The van der Waals surface area contributed by atoms with E-state index >= 15 is 0 Å². The molecule has 0 heterocycles. The lowest BCUT2D eigenvalue weighted by atomic mass is 10.0. The van der Waals surface area contributed by atoms with E-state index in [2.05, 4.69) is 45.0 Å². The summed E-state index contributed by atoms with van der Waals surface area (Å²) in [6.45, 7) is 7.10. The molecule has 0 radical (unpaired) electrons. The highest BCUT2D eigenvalue weighted by atomic mass is 16.5. The number of carbonyl (C=O) groups excluding carboxylic acids is 1. The molecule has 1 atom stereocenters. The molecule has 3 nitrogen and oxygen atoms in total. The predicted octanol–water partition coefficient (Wildman–Crippen LogP) is 7.01. The predicted molar refractivity (Wildman–Crippen MR) is 122 cm³/mol. The van der Waals surface area contributed by atoms with Gasteiger partial charge in [0.05, 0.1) is 11.7 Å². The lowest BCUT2D eigenvalue weighted by Gasteiger charge is -2.13. The van der Waals surface area contributed by atoms with Crippen LogP contribution in [0.5, 0.6) is 5.75 Å². The average Bonchev–Trinajstić information content (AvgIpc) is 2.79. The van der Waals surface area contributed by atoms with Gasteiger partial charge in [-0.05, 0) is 66.3 Å². The second-order valence-corrected chi connectivity index (χ2v) is 7.50. The Bertz CT molecular complexity index is 925. The Hall–Kier alpha value is -2.91. The molecule has 0 fully saturated rings. The molecule has 1 unspecified atom stereocenters. The third-order valence-corrected chi connectivity index (χ3v) is 5.08. The van der Waals surface area contributed by atoms with Crippen LogP contribution in [0.2, 0.25) is 0 Å². The van der Waals surface area contributed by atoms with Crippen molar-refractivity contribution in [3.8, 4) is 16.9 Å². The van der Waals surface area contributed by atoms with Gasteiger partial charge in [-0.2, -0.15) is 0 Å². The van der Waals surface area contributed by atoms with Crippen molar-refractivity contribution in [2.24, 2.45) is 0 Å². The van der Waals surface area contributed by atoms with Gasteiger partial charge in [0, 0.05) is 6.61 Å². The van der Waals surface area contributed by atoms with Crippen LogP contribution in [-0.2, 0) is 11.2 Å². The Morgan fingerprint density at radius 1 is 0.800 bits per heavy atom. The van der Waals surface area contributed by atoms with Crippen molar-refractivity contribution >= 4 is 5.97 Å². The van der Waals surface area contributed by atoms with E-state index in [0.717, 1.165) is 42.6 Å². The lowest BCUT2D eigenvalue weighted by Crippen LogP contribution is -2.08. The number of rotatable bonds is 9. The van der Waals surface area contributed by atoms with Crippen molar-refractivity contribution in [1.29, 1.82) is 0 Å². The van der Waals surface area contributed by atoms with Gasteiger partial charge in [-0.3, -0.25) is 0 Å². The van der Waals surface area contributed by atoms with Crippen LogP contribution in [0, 0.1) is 0 Å². The van der Waals surface area contributed by atoms with Gasteiger partial charge in [-0.1, -0.05) is 68.8 Å². The van der Waals surface area contributed by atoms with Crippen LogP contribution < -0.4 is 4.74 Å². The molecule has 156 valence electrons. The van der Waals surface area contributed by atoms with Crippen molar-refractivity contribution in [1.82, 2.24) is 0 Å². The number of benzene rings is 3. The molecule has 0 saturated carbocycles. The topological polar surface area (TPSA) is 35.5 Å². The first-order valence-corrected chi connectivity index (χ1v) is 10.7. The number of ether oxygens (including phenoxy) is 2. The molecular formula is C27H30O3. The Labute approximate surface area is 179 Å². The molecule has 0 aliphatic rings. The maximum absolute atomic E-state index is 12.4. The zero-order valence-electron chi connectivity index (χ0n) is 18.1. The number of hydrogen-bond donors (Lipinski definition) is 0. The normalized spacial score (nSPS) is 11.8. The standard InChI is InChI=1S/C27H30O3/c1-4-6-21-7-17-26(18-8-21)30-27(28)25-15-13-24(14-16-25)23-11-9-22(10-12-23)20(3)29-19-5-2/h7-18,20H,4-6,19H2,1-3H3. The van der Waals surface area contributed by atoms with Gasteiger partial charge in [0.25, 0.3) is 0 Å². The summed E-state index contributed by atoms with van der Waals surface area (Å²) < 4.78 is 11.3. The molecule has 3 heteroatoms. The molecule has 3 rings (SSSR count).